The van der Waals surface area contributed by atoms with Crippen molar-refractivity contribution in [3.63, 3.8) is 0 Å². The van der Waals surface area contributed by atoms with Crippen LogP contribution in [0.4, 0.5) is 5.69 Å². The van der Waals surface area contributed by atoms with Crippen LogP contribution in [0.5, 0.6) is 5.75 Å². The molecule has 1 heterocycles. The predicted molar refractivity (Wildman–Crippen MR) is 71.3 cm³/mol. The van der Waals surface area contributed by atoms with Crippen LogP contribution < -0.4 is 4.74 Å². The Labute approximate surface area is 115 Å². The molecule has 2 aromatic rings. The minimum atomic E-state index is -0.855. The monoisotopic (exact) mass is 277 g/mol. The summed E-state index contributed by atoms with van der Waals surface area (Å²) in [7, 11) is 1.84. The summed E-state index contributed by atoms with van der Waals surface area (Å²) in [6, 6.07) is 4.15. The first-order valence-electron chi connectivity index (χ1n) is 6.04. The third kappa shape index (κ3) is 2.94. The lowest BCUT2D eigenvalue weighted by atomic mass is 10.1. The van der Waals surface area contributed by atoms with Crippen LogP contribution in [-0.4, -0.2) is 19.6 Å². The Bertz CT molecular complexity index is 622. The summed E-state index contributed by atoms with van der Waals surface area (Å²) in [6.07, 6.45) is 2.60. The number of benzene rings is 1. The molecule has 2 rings (SSSR count). The van der Waals surface area contributed by atoms with E-state index in [4.69, 9.17) is 4.74 Å². The molecule has 1 N–H and O–H groups in total. The molecule has 7 heteroatoms. The average molecular weight is 277 g/mol. The lowest BCUT2D eigenvalue weighted by Crippen LogP contribution is -2.06. The molecule has 1 atom stereocenters. The summed E-state index contributed by atoms with van der Waals surface area (Å²) in [5.74, 6) is 1.13. The molecule has 0 fully saturated rings. The van der Waals surface area contributed by atoms with Crippen LogP contribution in [-0.2, 0) is 13.7 Å². The van der Waals surface area contributed by atoms with Gasteiger partial charge in [-0.2, -0.15) is 0 Å². The van der Waals surface area contributed by atoms with Crippen molar-refractivity contribution in [3.8, 4) is 5.75 Å². The largest absolute Gasteiger partial charge is 0.485 e. The Hall–Kier alpha value is -2.41. The minimum absolute atomic E-state index is 0.0785. The summed E-state index contributed by atoms with van der Waals surface area (Å²) in [5, 5.41) is 20.4. The van der Waals surface area contributed by atoms with Gasteiger partial charge in [0.15, 0.2) is 0 Å². The van der Waals surface area contributed by atoms with Crippen LogP contribution >= 0.6 is 0 Å². The van der Waals surface area contributed by atoms with Crippen LogP contribution in [0.2, 0.25) is 0 Å². The molecule has 7 nitrogen and oxygen atoms in total. The maximum Gasteiger partial charge on any atom is 0.270 e. The number of non-ortho nitro benzene ring substituents is 1. The van der Waals surface area contributed by atoms with E-state index in [0.717, 1.165) is 5.82 Å². The van der Waals surface area contributed by atoms with Crippen LogP contribution in [0.15, 0.2) is 30.6 Å². The number of nitro groups is 1. The number of rotatable bonds is 5. The Morgan fingerprint density at radius 1 is 1.55 bits per heavy atom. The van der Waals surface area contributed by atoms with E-state index in [-0.39, 0.29) is 12.3 Å². The molecule has 0 unspecified atom stereocenters. The van der Waals surface area contributed by atoms with Crippen molar-refractivity contribution in [2.24, 2.45) is 7.05 Å². The quantitative estimate of drug-likeness (QED) is 0.666. The number of aromatic nitrogens is 2. The molecule has 106 valence electrons. The zero-order chi connectivity index (χ0) is 14.7. The van der Waals surface area contributed by atoms with Crippen molar-refractivity contribution in [2.45, 2.75) is 19.6 Å². The van der Waals surface area contributed by atoms with Crippen molar-refractivity contribution in [3.05, 3.63) is 52.1 Å². The van der Waals surface area contributed by atoms with Gasteiger partial charge in [0.1, 0.15) is 18.2 Å². The highest BCUT2D eigenvalue weighted by Crippen LogP contribution is 2.29. The van der Waals surface area contributed by atoms with E-state index >= 15 is 0 Å². The SMILES string of the molecule is C[C@@H](O)c1cc([N+](=O)[O-])ccc1OCc1nccn1C. The van der Waals surface area contributed by atoms with Gasteiger partial charge in [-0.1, -0.05) is 0 Å². The van der Waals surface area contributed by atoms with E-state index in [9.17, 15) is 15.2 Å². The summed E-state index contributed by atoms with van der Waals surface area (Å²) >= 11 is 0. The highest BCUT2D eigenvalue weighted by molar-refractivity contribution is 5.44. The minimum Gasteiger partial charge on any atom is -0.485 e. The Morgan fingerprint density at radius 3 is 2.85 bits per heavy atom. The first-order chi connectivity index (χ1) is 9.49. The zero-order valence-electron chi connectivity index (χ0n) is 11.2. The highest BCUT2D eigenvalue weighted by atomic mass is 16.6. The molecule has 0 aliphatic carbocycles. The van der Waals surface area contributed by atoms with Gasteiger partial charge in [0.2, 0.25) is 0 Å². The van der Waals surface area contributed by atoms with Gasteiger partial charge >= 0.3 is 0 Å². The lowest BCUT2D eigenvalue weighted by molar-refractivity contribution is -0.385. The number of hydrogen-bond donors (Lipinski definition) is 1. The van der Waals surface area contributed by atoms with Crippen molar-refractivity contribution in [1.82, 2.24) is 9.55 Å². The van der Waals surface area contributed by atoms with E-state index in [2.05, 4.69) is 4.98 Å². The third-order valence-corrected chi connectivity index (χ3v) is 2.93. The highest BCUT2D eigenvalue weighted by Gasteiger charge is 2.15. The smallest absolute Gasteiger partial charge is 0.270 e. The summed E-state index contributed by atoms with van der Waals surface area (Å²) in [4.78, 5) is 14.4. The summed E-state index contributed by atoms with van der Waals surface area (Å²) in [5.41, 5.74) is 0.304. The first kappa shape index (κ1) is 14.0. The van der Waals surface area contributed by atoms with Crippen LogP contribution in [0.3, 0.4) is 0 Å². The molecular weight excluding hydrogens is 262 g/mol. The van der Waals surface area contributed by atoms with Crippen LogP contribution in [0.1, 0.15) is 24.4 Å². The van der Waals surface area contributed by atoms with E-state index in [1.807, 2.05) is 11.6 Å². The number of imidazole rings is 1. The molecule has 0 saturated carbocycles. The van der Waals surface area contributed by atoms with Crippen LogP contribution in [0.25, 0.3) is 0 Å². The topological polar surface area (TPSA) is 90.4 Å². The van der Waals surface area contributed by atoms with Gasteiger partial charge in [-0.25, -0.2) is 4.98 Å². The molecule has 1 aromatic heterocycles. The maximum atomic E-state index is 10.7. The van der Waals surface area contributed by atoms with Crippen molar-refractivity contribution >= 4 is 5.69 Å². The number of aryl methyl sites for hydroxylation is 1. The molecule has 0 radical (unpaired) electrons. The Kier molecular flexibility index (Phi) is 3.99. The van der Waals surface area contributed by atoms with Gasteiger partial charge in [-0.3, -0.25) is 10.1 Å². The Morgan fingerprint density at radius 2 is 2.30 bits per heavy atom. The summed E-state index contributed by atoms with van der Waals surface area (Å²) in [6.45, 7) is 1.76. The van der Waals surface area contributed by atoms with E-state index in [0.29, 0.717) is 11.3 Å². The molecule has 0 spiro atoms. The van der Waals surface area contributed by atoms with Crippen molar-refractivity contribution in [1.29, 1.82) is 0 Å². The molecule has 20 heavy (non-hydrogen) atoms. The fraction of sp³-hybridized carbons (Fsp3) is 0.308. The Balaban J connectivity index is 2.22. The summed E-state index contributed by atoms with van der Waals surface area (Å²) < 4.78 is 7.41. The van der Waals surface area contributed by atoms with E-state index in [1.54, 1.807) is 12.4 Å². The first-order valence-corrected chi connectivity index (χ1v) is 6.04. The molecular formula is C13H15N3O4. The van der Waals surface area contributed by atoms with Gasteiger partial charge in [-0.15, -0.1) is 0 Å². The second kappa shape index (κ2) is 5.70. The molecule has 0 aliphatic rings. The third-order valence-electron chi connectivity index (χ3n) is 2.93. The van der Waals surface area contributed by atoms with Gasteiger partial charge in [0.25, 0.3) is 5.69 Å². The van der Waals surface area contributed by atoms with Gasteiger partial charge < -0.3 is 14.4 Å². The van der Waals surface area contributed by atoms with E-state index < -0.39 is 11.0 Å². The lowest BCUT2D eigenvalue weighted by Gasteiger charge is -2.13. The van der Waals surface area contributed by atoms with Gasteiger partial charge in [0, 0.05) is 37.1 Å². The fourth-order valence-electron chi connectivity index (χ4n) is 1.79. The number of aliphatic hydroxyl groups is 1. The fourth-order valence-corrected chi connectivity index (χ4v) is 1.79. The molecule has 0 amide bonds. The molecule has 0 aliphatic heterocycles. The van der Waals surface area contributed by atoms with Crippen molar-refractivity contribution < 1.29 is 14.8 Å². The number of aliphatic hydroxyl groups excluding tert-OH is 1. The van der Waals surface area contributed by atoms with Crippen LogP contribution in [0, 0.1) is 10.1 Å². The number of nitrogens with zero attached hydrogens (tertiary/aromatic N) is 3. The number of nitro benzene ring substituents is 1. The maximum absolute atomic E-state index is 10.7. The molecule has 0 saturated heterocycles. The second-order valence-corrected chi connectivity index (χ2v) is 4.40. The number of ether oxygens (including phenoxy) is 1. The average Bonchev–Trinajstić information content (AvgIpc) is 2.81. The van der Waals surface area contributed by atoms with Gasteiger partial charge in [-0.05, 0) is 13.0 Å². The zero-order valence-corrected chi connectivity index (χ0v) is 11.2. The number of hydrogen-bond acceptors (Lipinski definition) is 5. The second-order valence-electron chi connectivity index (χ2n) is 4.40. The standard InChI is InChI=1S/C13H15N3O4/c1-9(17)11-7-10(16(18)19)3-4-12(11)20-8-13-14-5-6-15(13)2/h3-7,9,17H,8H2,1-2H3/t9-/m1/s1. The normalized spacial score (nSPS) is 12.2. The van der Waals surface area contributed by atoms with E-state index in [1.165, 1.54) is 25.1 Å². The molecule has 1 aromatic carbocycles. The van der Waals surface area contributed by atoms with Gasteiger partial charge in [0.05, 0.1) is 11.0 Å². The predicted octanol–water partition coefficient (Wildman–Crippen LogP) is 1.96. The molecule has 0 bridgehead atoms. The van der Waals surface area contributed by atoms with Crippen molar-refractivity contribution in [2.75, 3.05) is 0 Å².